The number of halogens is 2. The molecule has 0 bridgehead atoms. The molecule has 1 aromatic rings. The molecule has 1 N–H and O–H groups in total. The van der Waals surface area contributed by atoms with Crippen molar-refractivity contribution in [2.45, 2.75) is 37.5 Å². The third kappa shape index (κ3) is 1.22. The summed E-state index contributed by atoms with van der Waals surface area (Å²) in [5, 5.41) is 9.98. The maximum atomic E-state index is 12.8. The van der Waals surface area contributed by atoms with Gasteiger partial charge in [-0.15, -0.1) is 0 Å². The molecule has 0 saturated heterocycles. The minimum atomic E-state index is -2.50. The first-order valence-electron chi connectivity index (χ1n) is 4.32. The molecular formula is C8H11F2N3. The zero-order valence-corrected chi connectivity index (χ0v) is 7.35. The molecule has 0 spiro atoms. The van der Waals surface area contributed by atoms with E-state index in [1.807, 2.05) is 6.92 Å². The number of H-pyrrole nitrogens is 1. The van der Waals surface area contributed by atoms with Crippen LogP contribution >= 0.6 is 0 Å². The summed E-state index contributed by atoms with van der Waals surface area (Å²) in [7, 11) is 0. The van der Waals surface area contributed by atoms with Gasteiger partial charge in [0.25, 0.3) is 0 Å². The zero-order valence-electron chi connectivity index (χ0n) is 7.35. The fourth-order valence-corrected chi connectivity index (χ4v) is 2.01. The van der Waals surface area contributed by atoms with Crippen LogP contribution in [0.15, 0.2) is 6.20 Å². The fraction of sp³-hybridized carbons (Fsp3) is 0.750. The lowest BCUT2D eigenvalue weighted by Crippen LogP contribution is -2.49. The lowest BCUT2D eigenvalue weighted by molar-refractivity contribution is -0.129. The Kier molecular flexibility index (Phi) is 1.65. The van der Waals surface area contributed by atoms with Crippen molar-refractivity contribution < 1.29 is 8.78 Å². The van der Waals surface area contributed by atoms with Crippen molar-refractivity contribution in [1.82, 2.24) is 15.4 Å². The van der Waals surface area contributed by atoms with Crippen molar-refractivity contribution in [3.05, 3.63) is 11.9 Å². The average molecular weight is 187 g/mol. The van der Waals surface area contributed by atoms with E-state index in [0.29, 0.717) is 12.1 Å². The number of rotatable bonds is 2. The van der Waals surface area contributed by atoms with E-state index in [4.69, 9.17) is 0 Å². The predicted molar refractivity (Wildman–Crippen MR) is 42.5 cm³/mol. The lowest BCUT2D eigenvalue weighted by Gasteiger charge is -2.45. The van der Waals surface area contributed by atoms with Crippen molar-refractivity contribution in [2.75, 3.05) is 0 Å². The smallest absolute Gasteiger partial charge is 0.207 e. The standard InChI is InChI=1S/C8H11F2N3/c1-2-7(4-8(9,10)5-7)6-3-11-13-12-6/h3H,2,4-5H2,1H3,(H,11,12,13). The molecule has 0 radical (unpaired) electrons. The zero-order chi connectivity index (χ0) is 9.53. The molecule has 0 unspecified atom stereocenters. The molecule has 2 rings (SSSR count). The molecular weight excluding hydrogens is 176 g/mol. The van der Waals surface area contributed by atoms with Crippen LogP contribution in [0.5, 0.6) is 0 Å². The number of alkyl halides is 2. The first-order chi connectivity index (χ1) is 6.08. The number of hydrogen-bond acceptors (Lipinski definition) is 2. The van der Waals surface area contributed by atoms with E-state index in [1.165, 1.54) is 0 Å². The van der Waals surface area contributed by atoms with E-state index < -0.39 is 11.3 Å². The van der Waals surface area contributed by atoms with Crippen LogP contribution < -0.4 is 0 Å². The number of nitrogens with zero attached hydrogens (tertiary/aromatic N) is 2. The Hall–Kier alpha value is -1.00. The summed E-state index contributed by atoms with van der Waals surface area (Å²) in [6, 6.07) is 0. The summed E-state index contributed by atoms with van der Waals surface area (Å²) in [6.07, 6.45) is 2.04. The largest absolute Gasteiger partial charge is 0.250 e. The van der Waals surface area contributed by atoms with E-state index in [1.54, 1.807) is 6.20 Å². The second-order valence-corrected chi connectivity index (χ2v) is 3.70. The number of hydrogen-bond donors (Lipinski definition) is 1. The molecule has 1 fully saturated rings. The van der Waals surface area contributed by atoms with Gasteiger partial charge in [0.1, 0.15) is 0 Å². The van der Waals surface area contributed by atoms with E-state index in [0.717, 1.165) is 0 Å². The van der Waals surface area contributed by atoms with Crippen LogP contribution in [-0.4, -0.2) is 21.3 Å². The van der Waals surface area contributed by atoms with E-state index in [2.05, 4.69) is 15.4 Å². The highest BCUT2D eigenvalue weighted by Crippen LogP contribution is 2.54. The molecule has 0 aliphatic heterocycles. The van der Waals surface area contributed by atoms with Gasteiger partial charge in [0.05, 0.1) is 11.9 Å². The molecule has 13 heavy (non-hydrogen) atoms. The van der Waals surface area contributed by atoms with Gasteiger partial charge in [-0.1, -0.05) is 6.92 Å². The van der Waals surface area contributed by atoms with Crippen molar-refractivity contribution in [3.8, 4) is 0 Å². The van der Waals surface area contributed by atoms with Gasteiger partial charge >= 0.3 is 0 Å². The SMILES string of the molecule is CCC1(c2cn[nH]n2)CC(F)(F)C1. The molecule has 1 saturated carbocycles. The maximum absolute atomic E-state index is 12.8. The minimum absolute atomic E-state index is 0.0942. The van der Waals surface area contributed by atoms with Crippen LogP contribution in [0.1, 0.15) is 31.9 Å². The fourth-order valence-electron chi connectivity index (χ4n) is 2.01. The quantitative estimate of drug-likeness (QED) is 0.768. The Balaban J connectivity index is 2.21. The second kappa shape index (κ2) is 2.49. The predicted octanol–water partition coefficient (Wildman–Crippen LogP) is 1.88. The molecule has 1 aliphatic rings. The summed E-state index contributed by atoms with van der Waals surface area (Å²) in [4.78, 5) is 0. The Bertz CT molecular complexity index is 286. The van der Waals surface area contributed by atoms with Crippen LogP contribution in [0.3, 0.4) is 0 Å². The molecule has 1 aliphatic carbocycles. The minimum Gasteiger partial charge on any atom is -0.207 e. The average Bonchev–Trinajstić information content (AvgIpc) is 2.51. The van der Waals surface area contributed by atoms with Gasteiger partial charge in [0.2, 0.25) is 5.92 Å². The number of nitrogens with one attached hydrogen (secondary N) is 1. The highest BCUT2D eigenvalue weighted by molar-refractivity contribution is 5.20. The first kappa shape index (κ1) is 8.59. The number of aromatic nitrogens is 3. The highest BCUT2D eigenvalue weighted by Gasteiger charge is 2.57. The Morgan fingerprint density at radius 2 is 2.23 bits per heavy atom. The first-order valence-corrected chi connectivity index (χ1v) is 4.32. The van der Waals surface area contributed by atoms with Gasteiger partial charge in [0.15, 0.2) is 0 Å². The second-order valence-electron chi connectivity index (χ2n) is 3.70. The summed E-state index contributed by atoms with van der Waals surface area (Å²) < 4.78 is 25.5. The Labute approximate surface area is 74.5 Å². The topological polar surface area (TPSA) is 41.6 Å². The van der Waals surface area contributed by atoms with Crippen molar-refractivity contribution in [1.29, 1.82) is 0 Å². The molecule has 0 amide bonds. The molecule has 72 valence electrons. The number of aromatic amines is 1. The van der Waals surface area contributed by atoms with E-state index in [-0.39, 0.29) is 12.8 Å². The van der Waals surface area contributed by atoms with Crippen LogP contribution in [0.2, 0.25) is 0 Å². The molecule has 1 aromatic heterocycles. The van der Waals surface area contributed by atoms with Crippen molar-refractivity contribution >= 4 is 0 Å². The van der Waals surface area contributed by atoms with Crippen molar-refractivity contribution in [2.24, 2.45) is 0 Å². The maximum Gasteiger partial charge on any atom is 0.250 e. The molecule has 0 atom stereocenters. The monoisotopic (exact) mass is 187 g/mol. The van der Waals surface area contributed by atoms with Crippen LogP contribution in [0.25, 0.3) is 0 Å². The lowest BCUT2D eigenvalue weighted by atomic mass is 9.62. The summed E-state index contributed by atoms with van der Waals surface area (Å²) in [5.41, 5.74) is 0.233. The van der Waals surface area contributed by atoms with Gasteiger partial charge in [-0.25, -0.2) is 8.78 Å². The van der Waals surface area contributed by atoms with Gasteiger partial charge < -0.3 is 0 Å². The van der Waals surface area contributed by atoms with E-state index >= 15 is 0 Å². The summed E-state index contributed by atoms with van der Waals surface area (Å²) in [5.74, 6) is -2.50. The third-order valence-corrected chi connectivity index (χ3v) is 2.83. The van der Waals surface area contributed by atoms with Crippen LogP contribution in [0, 0.1) is 0 Å². The van der Waals surface area contributed by atoms with Gasteiger partial charge in [-0.3, -0.25) is 0 Å². The van der Waals surface area contributed by atoms with Gasteiger partial charge in [0, 0.05) is 18.3 Å². The normalized spacial score (nSPS) is 23.9. The third-order valence-electron chi connectivity index (χ3n) is 2.83. The summed E-state index contributed by atoms with van der Waals surface area (Å²) in [6.45, 7) is 1.91. The van der Waals surface area contributed by atoms with Gasteiger partial charge in [-0.05, 0) is 6.42 Å². The Morgan fingerprint density at radius 3 is 2.62 bits per heavy atom. The van der Waals surface area contributed by atoms with Gasteiger partial charge in [-0.2, -0.15) is 15.4 Å². The summed E-state index contributed by atoms with van der Waals surface area (Å²) >= 11 is 0. The Morgan fingerprint density at radius 1 is 1.54 bits per heavy atom. The van der Waals surface area contributed by atoms with Crippen LogP contribution in [0.4, 0.5) is 8.78 Å². The van der Waals surface area contributed by atoms with Crippen LogP contribution in [-0.2, 0) is 5.41 Å². The molecule has 0 aromatic carbocycles. The molecule has 1 heterocycles. The van der Waals surface area contributed by atoms with Crippen molar-refractivity contribution in [3.63, 3.8) is 0 Å². The van der Waals surface area contributed by atoms with E-state index in [9.17, 15) is 8.78 Å². The highest BCUT2D eigenvalue weighted by atomic mass is 19.3. The molecule has 5 heteroatoms. The molecule has 3 nitrogen and oxygen atoms in total.